The number of hydrogen-bond donors (Lipinski definition) is 1. The highest BCUT2D eigenvalue weighted by Crippen LogP contribution is 2.27. The summed E-state index contributed by atoms with van der Waals surface area (Å²) >= 11 is 0. The molecule has 4 aromatic rings. The summed E-state index contributed by atoms with van der Waals surface area (Å²) in [4.78, 5) is 8.84. The van der Waals surface area contributed by atoms with Gasteiger partial charge in [0.05, 0.1) is 17.3 Å². The van der Waals surface area contributed by atoms with Crippen LogP contribution in [0, 0.1) is 25.2 Å². The maximum absolute atomic E-state index is 9.05. The zero-order valence-electron chi connectivity index (χ0n) is 16.0. The molecule has 29 heavy (non-hydrogen) atoms. The maximum Gasteiger partial charge on any atom is 0.224 e. The number of anilines is 2. The van der Waals surface area contributed by atoms with E-state index in [0.29, 0.717) is 28.8 Å². The molecule has 4 rings (SSSR count). The summed E-state index contributed by atoms with van der Waals surface area (Å²) in [6.07, 6.45) is 1.66. The first kappa shape index (κ1) is 18.2. The predicted molar refractivity (Wildman–Crippen MR) is 110 cm³/mol. The number of nitrogens with zero attached hydrogens (tertiary/aromatic N) is 5. The lowest BCUT2D eigenvalue weighted by Gasteiger charge is -2.10. The molecular formula is C22H18N6O. The molecule has 0 fully saturated rings. The van der Waals surface area contributed by atoms with Crippen molar-refractivity contribution in [2.75, 3.05) is 5.32 Å². The monoisotopic (exact) mass is 382 g/mol. The van der Waals surface area contributed by atoms with E-state index in [4.69, 9.17) is 10.00 Å². The van der Waals surface area contributed by atoms with E-state index in [1.807, 2.05) is 50.2 Å². The molecule has 1 N–H and O–H groups in total. The molecule has 0 unspecified atom stereocenters. The number of rotatable bonds is 5. The standard InChI is InChI=1S/C22H18N6O/c1-15-5-3-8-21(25-15)28-22(11-16(2)27-28)29-19-9-10-24-20(13-19)26-18-7-4-6-17(12-18)14-23/h3-13H,1-2H3,(H,24,26). The minimum Gasteiger partial charge on any atom is -0.439 e. The van der Waals surface area contributed by atoms with Crippen LogP contribution in [0.1, 0.15) is 17.0 Å². The number of pyridine rings is 2. The minimum atomic E-state index is 0.559. The van der Waals surface area contributed by atoms with Crippen molar-refractivity contribution in [1.82, 2.24) is 19.7 Å². The average molecular weight is 382 g/mol. The van der Waals surface area contributed by atoms with Crippen molar-refractivity contribution in [1.29, 1.82) is 5.26 Å². The summed E-state index contributed by atoms with van der Waals surface area (Å²) < 4.78 is 7.75. The first-order chi connectivity index (χ1) is 14.1. The van der Waals surface area contributed by atoms with Crippen molar-refractivity contribution in [3.05, 3.63) is 83.8 Å². The molecule has 0 bridgehead atoms. The predicted octanol–water partition coefficient (Wildman–Crippen LogP) is 4.69. The molecule has 0 saturated carbocycles. The Morgan fingerprint density at radius 2 is 1.86 bits per heavy atom. The number of nitrogens with one attached hydrogen (secondary N) is 1. The first-order valence-corrected chi connectivity index (χ1v) is 9.02. The van der Waals surface area contributed by atoms with Crippen molar-refractivity contribution in [2.45, 2.75) is 13.8 Å². The molecule has 0 radical (unpaired) electrons. The third-order valence-electron chi connectivity index (χ3n) is 4.11. The molecule has 0 atom stereocenters. The fourth-order valence-electron chi connectivity index (χ4n) is 2.84. The van der Waals surface area contributed by atoms with Gasteiger partial charge < -0.3 is 10.1 Å². The van der Waals surface area contributed by atoms with Gasteiger partial charge in [0.25, 0.3) is 0 Å². The number of hydrogen-bond acceptors (Lipinski definition) is 6. The van der Waals surface area contributed by atoms with Gasteiger partial charge in [0.1, 0.15) is 11.6 Å². The molecule has 142 valence electrons. The van der Waals surface area contributed by atoms with Crippen LogP contribution < -0.4 is 10.1 Å². The van der Waals surface area contributed by atoms with Gasteiger partial charge in [0.15, 0.2) is 5.82 Å². The summed E-state index contributed by atoms with van der Waals surface area (Å²) in [6, 6.07) is 20.5. The summed E-state index contributed by atoms with van der Waals surface area (Å²) in [5.74, 6) is 2.46. The highest BCUT2D eigenvalue weighted by molar-refractivity contribution is 5.59. The van der Waals surface area contributed by atoms with Gasteiger partial charge in [-0.25, -0.2) is 9.97 Å². The van der Waals surface area contributed by atoms with E-state index >= 15 is 0 Å². The Balaban J connectivity index is 1.60. The summed E-state index contributed by atoms with van der Waals surface area (Å²) in [7, 11) is 0. The number of ether oxygens (including phenoxy) is 1. The van der Waals surface area contributed by atoms with E-state index in [1.54, 1.807) is 35.1 Å². The fraction of sp³-hybridized carbons (Fsp3) is 0.0909. The SMILES string of the molecule is Cc1cccc(-n2nc(C)cc2Oc2ccnc(Nc3cccc(C#N)c3)c2)n1. The molecule has 0 aliphatic carbocycles. The molecule has 0 aliphatic rings. The molecule has 3 heterocycles. The number of benzene rings is 1. The largest absolute Gasteiger partial charge is 0.439 e. The smallest absolute Gasteiger partial charge is 0.224 e. The van der Waals surface area contributed by atoms with Crippen LogP contribution in [0.15, 0.2) is 66.9 Å². The van der Waals surface area contributed by atoms with Crippen LogP contribution in [-0.2, 0) is 0 Å². The Kier molecular flexibility index (Phi) is 4.91. The Morgan fingerprint density at radius 3 is 2.69 bits per heavy atom. The second-order valence-electron chi connectivity index (χ2n) is 6.47. The van der Waals surface area contributed by atoms with E-state index in [9.17, 15) is 0 Å². The Morgan fingerprint density at radius 1 is 1.00 bits per heavy atom. The van der Waals surface area contributed by atoms with Gasteiger partial charge in [-0.3, -0.25) is 0 Å². The van der Waals surface area contributed by atoms with E-state index in [2.05, 4.69) is 26.5 Å². The number of aryl methyl sites for hydroxylation is 2. The van der Waals surface area contributed by atoms with Crippen molar-refractivity contribution in [3.63, 3.8) is 0 Å². The summed E-state index contributed by atoms with van der Waals surface area (Å²) in [5.41, 5.74) is 3.08. The summed E-state index contributed by atoms with van der Waals surface area (Å²) in [5, 5.41) is 16.7. The van der Waals surface area contributed by atoms with Gasteiger partial charge in [-0.15, -0.1) is 0 Å². The topological polar surface area (TPSA) is 88.6 Å². The summed E-state index contributed by atoms with van der Waals surface area (Å²) in [6.45, 7) is 3.84. The van der Waals surface area contributed by atoms with Crippen LogP contribution in [0.4, 0.5) is 11.5 Å². The van der Waals surface area contributed by atoms with Crippen molar-refractivity contribution in [2.24, 2.45) is 0 Å². The van der Waals surface area contributed by atoms with E-state index in [0.717, 1.165) is 17.1 Å². The van der Waals surface area contributed by atoms with Crippen LogP contribution >= 0.6 is 0 Å². The number of nitriles is 1. The molecule has 0 amide bonds. The average Bonchev–Trinajstić information content (AvgIpc) is 3.08. The van der Waals surface area contributed by atoms with Gasteiger partial charge in [-0.2, -0.15) is 15.0 Å². The third-order valence-corrected chi connectivity index (χ3v) is 4.11. The van der Waals surface area contributed by atoms with Crippen LogP contribution in [0.25, 0.3) is 5.82 Å². The van der Waals surface area contributed by atoms with Crippen molar-refractivity contribution >= 4 is 11.5 Å². The Bertz CT molecular complexity index is 1210. The zero-order valence-corrected chi connectivity index (χ0v) is 16.0. The quantitative estimate of drug-likeness (QED) is 0.539. The van der Waals surface area contributed by atoms with Gasteiger partial charge >= 0.3 is 0 Å². The molecular weight excluding hydrogens is 364 g/mol. The van der Waals surface area contributed by atoms with E-state index < -0.39 is 0 Å². The normalized spacial score (nSPS) is 10.4. The Hall–Kier alpha value is -4.18. The van der Waals surface area contributed by atoms with Crippen LogP contribution in [0.3, 0.4) is 0 Å². The number of aromatic nitrogens is 4. The van der Waals surface area contributed by atoms with Crippen LogP contribution in [-0.4, -0.2) is 19.7 Å². The zero-order chi connectivity index (χ0) is 20.2. The molecule has 7 heteroatoms. The molecule has 0 aliphatic heterocycles. The molecule has 1 aromatic carbocycles. The lowest BCUT2D eigenvalue weighted by molar-refractivity contribution is 0.442. The first-order valence-electron chi connectivity index (χ1n) is 9.02. The molecule has 7 nitrogen and oxygen atoms in total. The van der Waals surface area contributed by atoms with Gasteiger partial charge in [-0.1, -0.05) is 12.1 Å². The van der Waals surface area contributed by atoms with Crippen molar-refractivity contribution < 1.29 is 4.74 Å². The van der Waals surface area contributed by atoms with E-state index in [1.165, 1.54) is 0 Å². The van der Waals surface area contributed by atoms with E-state index in [-0.39, 0.29) is 0 Å². The fourth-order valence-corrected chi connectivity index (χ4v) is 2.84. The highest BCUT2D eigenvalue weighted by atomic mass is 16.5. The third kappa shape index (κ3) is 4.22. The van der Waals surface area contributed by atoms with Crippen LogP contribution in [0.5, 0.6) is 11.6 Å². The second-order valence-corrected chi connectivity index (χ2v) is 6.47. The van der Waals surface area contributed by atoms with Crippen molar-refractivity contribution in [3.8, 4) is 23.5 Å². The second kappa shape index (κ2) is 7.82. The van der Waals surface area contributed by atoms with Gasteiger partial charge in [-0.05, 0) is 50.2 Å². The lowest BCUT2D eigenvalue weighted by atomic mass is 10.2. The highest BCUT2D eigenvalue weighted by Gasteiger charge is 2.12. The van der Waals surface area contributed by atoms with Gasteiger partial charge in [0, 0.05) is 29.7 Å². The lowest BCUT2D eigenvalue weighted by Crippen LogP contribution is -2.03. The van der Waals surface area contributed by atoms with Gasteiger partial charge in [0.2, 0.25) is 5.88 Å². The van der Waals surface area contributed by atoms with Crippen LogP contribution in [0.2, 0.25) is 0 Å². The molecule has 0 spiro atoms. The Labute approximate surface area is 168 Å². The maximum atomic E-state index is 9.05. The molecule has 3 aromatic heterocycles. The minimum absolute atomic E-state index is 0.559. The molecule has 0 saturated heterocycles.